The minimum absolute atomic E-state index is 0.0203. The fraction of sp³-hybridized carbons (Fsp3) is 0.250. The Balaban J connectivity index is 1.46. The second-order valence-electron chi connectivity index (χ2n) is 8.36. The first-order chi connectivity index (χ1) is 15.9. The maximum absolute atomic E-state index is 14.0. The number of rotatable bonds is 4. The van der Waals surface area contributed by atoms with Gasteiger partial charge in [-0.05, 0) is 42.0 Å². The van der Waals surface area contributed by atoms with E-state index in [1.807, 2.05) is 23.6 Å². The van der Waals surface area contributed by atoms with E-state index in [1.165, 1.54) is 16.9 Å². The quantitative estimate of drug-likeness (QED) is 0.363. The van der Waals surface area contributed by atoms with Gasteiger partial charge in [0.1, 0.15) is 5.65 Å². The molecule has 4 aromatic rings. The number of hydrogen-bond donors (Lipinski definition) is 0. The molecule has 168 valence electrons. The minimum Gasteiger partial charge on any atom is -0.472 e. The van der Waals surface area contributed by atoms with Crippen molar-refractivity contribution in [3.63, 3.8) is 0 Å². The molecule has 2 aliphatic rings. The first kappa shape index (κ1) is 20.3. The molecule has 33 heavy (non-hydrogen) atoms. The molecule has 0 saturated heterocycles. The molecule has 1 fully saturated rings. The highest BCUT2D eigenvalue weighted by Gasteiger charge is 2.40. The van der Waals surface area contributed by atoms with Crippen LogP contribution >= 0.6 is 11.3 Å². The van der Waals surface area contributed by atoms with E-state index in [-0.39, 0.29) is 23.2 Å². The number of carbonyl (C=O) groups excluding carboxylic acids is 1. The Kier molecular flexibility index (Phi) is 4.52. The number of amides is 1. The number of thiophene rings is 1. The van der Waals surface area contributed by atoms with Gasteiger partial charge >= 0.3 is 6.18 Å². The van der Waals surface area contributed by atoms with Crippen molar-refractivity contribution in [1.82, 2.24) is 14.3 Å². The van der Waals surface area contributed by atoms with E-state index >= 15 is 0 Å². The van der Waals surface area contributed by atoms with Crippen molar-refractivity contribution >= 4 is 28.5 Å². The van der Waals surface area contributed by atoms with Gasteiger partial charge in [0.25, 0.3) is 5.91 Å². The van der Waals surface area contributed by atoms with Crippen molar-refractivity contribution in [2.45, 2.75) is 24.9 Å². The van der Waals surface area contributed by atoms with Crippen LogP contribution in [0.15, 0.2) is 58.9 Å². The molecule has 0 atom stereocenters. The first-order valence-corrected chi connectivity index (χ1v) is 11.5. The van der Waals surface area contributed by atoms with E-state index < -0.39 is 11.7 Å². The molecule has 5 nitrogen and oxygen atoms in total. The summed E-state index contributed by atoms with van der Waals surface area (Å²) in [5, 5.41) is 1.98. The molecule has 5 heterocycles. The molecule has 9 heteroatoms. The monoisotopic (exact) mass is 469 g/mol. The van der Waals surface area contributed by atoms with E-state index in [9.17, 15) is 18.0 Å². The van der Waals surface area contributed by atoms with Gasteiger partial charge in [0.15, 0.2) is 5.69 Å². The molecule has 0 N–H and O–H groups in total. The second-order valence-corrected chi connectivity index (χ2v) is 9.31. The van der Waals surface area contributed by atoms with Crippen LogP contribution in [-0.2, 0) is 6.18 Å². The highest BCUT2D eigenvalue weighted by Crippen LogP contribution is 2.45. The number of fused-ring (bicyclic) bond motifs is 1. The van der Waals surface area contributed by atoms with Crippen LogP contribution in [0.1, 0.15) is 45.4 Å². The largest absolute Gasteiger partial charge is 0.472 e. The van der Waals surface area contributed by atoms with Crippen molar-refractivity contribution in [3.8, 4) is 11.1 Å². The van der Waals surface area contributed by atoms with Gasteiger partial charge in [-0.1, -0.05) is 12.1 Å². The Morgan fingerprint density at radius 2 is 2.06 bits per heavy atom. The van der Waals surface area contributed by atoms with Crippen LogP contribution in [-0.4, -0.2) is 33.3 Å². The zero-order valence-electron chi connectivity index (χ0n) is 17.3. The lowest BCUT2D eigenvalue weighted by Gasteiger charge is -2.16. The summed E-state index contributed by atoms with van der Waals surface area (Å²) < 4.78 is 48.6. The van der Waals surface area contributed by atoms with Gasteiger partial charge in [-0.25, -0.2) is 4.98 Å². The lowest BCUT2D eigenvalue weighted by molar-refractivity contribution is -0.136. The Labute approximate surface area is 190 Å². The van der Waals surface area contributed by atoms with Crippen LogP contribution in [0, 0.1) is 0 Å². The summed E-state index contributed by atoms with van der Waals surface area (Å²) in [5.41, 5.74) is 1.54. The number of imidazole rings is 1. The molecule has 0 radical (unpaired) electrons. The molecule has 0 bridgehead atoms. The summed E-state index contributed by atoms with van der Waals surface area (Å²) in [6.07, 6.45) is 3.48. The van der Waals surface area contributed by atoms with Gasteiger partial charge in [-0.3, -0.25) is 4.79 Å². The summed E-state index contributed by atoms with van der Waals surface area (Å²) in [6, 6.07) is 6.64. The van der Waals surface area contributed by atoms with Crippen LogP contribution in [0.2, 0.25) is 0 Å². The predicted octanol–water partition coefficient (Wildman–Crippen LogP) is 6.09. The van der Waals surface area contributed by atoms with Crippen molar-refractivity contribution < 1.29 is 22.4 Å². The molecule has 4 aromatic heterocycles. The number of alkyl halides is 3. The van der Waals surface area contributed by atoms with Gasteiger partial charge in [-0.2, -0.15) is 13.2 Å². The molecular weight excluding hydrogens is 451 g/mol. The van der Waals surface area contributed by atoms with Crippen molar-refractivity contribution in [1.29, 1.82) is 0 Å². The maximum Gasteiger partial charge on any atom is 0.420 e. The number of carbonyl (C=O) groups is 1. The lowest BCUT2D eigenvalue weighted by atomic mass is 10.1. The number of halogens is 3. The number of furan rings is 1. The van der Waals surface area contributed by atoms with Crippen molar-refractivity contribution in [2.24, 2.45) is 0 Å². The second kappa shape index (κ2) is 7.34. The summed E-state index contributed by atoms with van der Waals surface area (Å²) in [7, 11) is 0. The standard InChI is InChI=1S/C24H18F3N3O2S/c25-24(26,27)18-10-17(16-6-8-32-13-16)12-30-21(14-3-4-14)20(28-22(18)30)23(31)29-7-5-15(11-29)19-2-1-9-33-19/h1-2,5-6,8-10,12-14H,3-4,7,11H2. The topological polar surface area (TPSA) is 50.8 Å². The Hall–Kier alpha value is -3.33. The smallest absolute Gasteiger partial charge is 0.420 e. The third-order valence-corrected chi connectivity index (χ3v) is 7.07. The van der Waals surface area contributed by atoms with Crippen molar-refractivity contribution in [2.75, 3.05) is 13.1 Å². The number of hydrogen-bond acceptors (Lipinski definition) is 4. The van der Waals surface area contributed by atoms with Crippen molar-refractivity contribution in [3.05, 3.63) is 76.3 Å². The average molecular weight is 469 g/mol. The third-order valence-electron chi connectivity index (χ3n) is 6.13. The summed E-state index contributed by atoms with van der Waals surface area (Å²) >= 11 is 1.60. The Bertz CT molecular complexity index is 1380. The zero-order chi connectivity index (χ0) is 22.7. The fourth-order valence-corrected chi connectivity index (χ4v) is 5.12. The average Bonchev–Trinajstić information content (AvgIpc) is 3.31. The van der Waals surface area contributed by atoms with E-state index in [4.69, 9.17) is 4.42 Å². The molecule has 1 aliphatic carbocycles. The normalized spacial score (nSPS) is 16.6. The van der Waals surface area contributed by atoms with E-state index in [1.54, 1.807) is 28.5 Å². The maximum atomic E-state index is 14.0. The van der Waals surface area contributed by atoms with Gasteiger partial charge in [0.2, 0.25) is 0 Å². The Morgan fingerprint density at radius 3 is 2.73 bits per heavy atom. The van der Waals surface area contributed by atoms with E-state index in [0.717, 1.165) is 29.4 Å². The Morgan fingerprint density at radius 1 is 1.21 bits per heavy atom. The molecule has 1 aliphatic heterocycles. The SMILES string of the molecule is O=C(c1nc2c(C(F)(F)F)cc(-c3ccoc3)cn2c1C1CC1)N1CC=C(c2cccs2)C1. The van der Waals surface area contributed by atoms with Gasteiger partial charge in [0, 0.05) is 41.2 Å². The van der Waals surface area contributed by atoms with Gasteiger partial charge in [-0.15, -0.1) is 11.3 Å². The van der Waals surface area contributed by atoms with Crippen LogP contribution in [0.3, 0.4) is 0 Å². The number of nitrogens with zero attached hydrogens (tertiary/aromatic N) is 3. The summed E-state index contributed by atoms with van der Waals surface area (Å²) in [6.45, 7) is 0.833. The van der Waals surface area contributed by atoms with Gasteiger partial charge < -0.3 is 13.7 Å². The molecule has 1 amide bonds. The van der Waals surface area contributed by atoms with Crippen LogP contribution < -0.4 is 0 Å². The van der Waals surface area contributed by atoms with Crippen LogP contribution in [0.25, 0.3) is 22.3 Å². The molecular formula is C24H18F3N3O2S. The van der Waals surface area contributed by atoms with E-state index in [0.29, 0.717) is 29.9 Å². The molecule has 0 spiro atoms. The molecule has 6 rings (SSSR count). The molecule has 0 unspecified atom stereocenters. The number of aromatic nitrogens is 2. The lowest BCUT2D eigenvalue weighted by Crippen LogP contribution is -2.30. The molecule has 1 saturated carbocycles. The summed E-state index contributed by atoms with van der Waals surface area (Å²) in [5.74, 6) is -0.312. The minimum atomic E-state index is -4.62. The molecule has 0 aromatic carbocycles. The van der Waals surface area contributed by atoms with Crippen LogP contribution in [0.4, 0.5) is 13.2 Å². The highest BCUT2D eigenvalue weighted by atomic mass is 32.1. The van der Waals surface area contributed by atoms with Gasteiger partial charge in [0.05, 0.1) is 23.8 Å². The third kappa shape index (κ3) is 3.47. The zero-order valence-corrected chi connectivity index (χ0v) is 18.1. The van der Waals surface area contributed by atoms with Crippen LogP contribution in [0.5, 0.6) is 0 Å². The van der Waals surface area contributed by atoms with E-state index in [2.05, 4.69) is 4.98 Å². The predicted molar refractivity (Wildman–Crippen MR) is 118 cm³/mol. The first-order valence-electron chi connectivity index (χ1n) is 10.6. The highest BCUT2D eigenvalue weighted by molar-refractivity contribution is 7.11. The number of pyridine rings is 1. The summed E-state index contributed by atoms with van der Waals surface area (Å²) in [4.78, 5) is 20.5. The fourth-order valence-electron chi connectivity index (χ4n) is 4.36.